The van der Waals surface area contributed by atoms with Crippen LogP contribution in [0.4, 0.5) is 0 Å². The van der Waals surface area contributed by atoms with Crippen LogP contribution in [0.5, 0.6) is 0 Å². The summed E-state index contributed by atoms with van der Waals surface area (Å²) in [5, 5.41) is 3.85. The van der Waals surface area contributed by atoms with Gasteiger partial charge >= 0.3 is 0 Å². The Morgan fingerprint density at radius 2 is 1.65 bits per heavy atom. The summed E-state index contributed by atoms with van der Waals surface area (Å²) >= 11 is 7.58. The van der Waals surface area contributed by atoms with Gasteiger partial charge in [-0.2, -0.15) is 0 Å². The zero-order valence-corrected chi connectivity index (χ0v) is 16.1. The number of benzene rings is 1. The Morgan fingerprint density at radius 3 is 2.35 bits per heavy atom. The van der Waals surface area contributed by atoms with Gasteiger partial charge < -0.3 is 0 Å². The van der Waals surface area contributed by atoms with E-state index in [2.05, 4.69) is 50.5 Å². The molecule has 0 atom stereocenters. The fraction of sp³-hybridized carbons (Fsp3) is 0.300. The Hall–Kier alpha value is -1.79. The molecule has 3 aromatic rings. The van der Waals surface area contributed by atoms with Crippen LogP contribution in [-0.2, 0) is 13.1 Å². The summed E-state index contributed by atoms with van der Waals surface area (Å²) in [6.45, 7) is 6.14. The third-order valence-corrected chi connectivity index (χ3v) is 5.78. The van der Waals surface area contributed by atoms with Crippen molar-refractivity contribution in [2.45, 2.75) is 13.1 Å². The largest absolute Gasteiger partial charge is 0.296 e. The molecule has 0 bridgehead atoms. The number of rotatable bonds is 5. The van der Waals surface area contributed by atoms with Crippen molar-refractivity contribution < 1.29 is 0 Å². The van der Waals surface area contributed by atoms with Crippen LogP contribution in [-0.4, -0.2) is 45.9 Å². The first-order chi connectivity index (χ1) is 12.8. The number of piperazine rings is 1. The van der Waals surface area contributed by atoms with E-state index in [0.717, 1.165) is 44.3 Å². The van der Waals surface area contributed by atoms with Crippen molar-refractivity contribution in [1.82, 2.24) is 19.8 Å². The molecule has 0 spiro atoms. The van der Waals surface area contributed by atoms with Crippen LogP contribution < -0.4 is 0 Å². The second kappa shape index (κ2) is 8.27. The zero-order valence-electron chi connectivity index (χ0n) is 14.5. The minimum Gasteiger partial charge on any atom is -0.296 e. The smallest absolute Gasteiger partial charge is 0.129 e. The molecular formula is C20H21ClN4S. The topological polar surface area (TPSA) is 32.3 Å². The highest BCUT2D eigenvalue weighted by Crippen LogP contribution is 2.24. The van der Waals surface area contributed by atoms with Crippen LogP contribution in [0.25, 0.3) is 10.6 Å². The molecular weight excluding hydrogens is 364 g/mol. The molecule has 1 aliphatic rings. The van der Waals surface area contributed by atoms with Gasteiger partial charge in [0.15, 0.2) is 0 Å². The first kappa shape index (κ1) is 17.6. The van der Waals surface area contributed by atoms with E-state index in [-0.39, 0.29) is 0 Å². The van der Waals surface area contributed by atoms with E-state index in [4.69, 9.17) is 16.6 Å². The molecule has 1 aliphatic heterocycles. The monoisotopic (exact) mass is 384 g/mol. The standard InChI is InChI=1S/C20H21ClN4S/c21-19-7-6-16(12-22-19)13-24-8-10-25(11-9-24)14-18-15-26-20(23-18)17-4-2-1-3-5-17/h1-7,12,15H,8-11,13-14H2. The van der Waals surface area contributed by atoms with E-state index in [1.54, 1.807) is 11.3 Å². The number of pyridine rings is 1. The third-order valence-electron chi connectivity index (χ3n) is 4.62. The highest BCUT2D eigenvalue weighted by Gasteiger charge is 2.18. The molecule has 3 heterocycles. The van der Waals surface area contributed by atoms with Crippen molar-refractivity contribution in [2.24, 2.45) is 0 Å². The molecule has 6 heteroatoms. The van der Waals surface area contributed by atoms with Gasteiger partial charge in [0.1, 0.15) is 10.2 Å². The number of nitrogens with zero attached hydrogens (tertiary/aromatic N) is 4. The minimum absolute atomic E-state index is 0.553. The van der Waals surface area contributed by atoms with Gasteiger partial charge in [0.05, 0.1) is 5.69 Å². The average molecular weight is 385 g/mol. The number of thiazole rings is 1. The summed E-state index contributed by atoms with van der Waals surface area (Å²) in [7, 11) is 0. The number of halogens is 1. The van der Waals surface area contributed by atoms with E-state index < -0.39 is 0 Å². The second-order valence-electron chi connectivity index (χ2n) is 6.55. The Bertz CT molecular complexity index is 827. The third kappa shape index (κ3) is 4.48. The predicted octanol–water partition coefficient (Wildman–Crippen LogP) is 4.18. The summed E-state index contributed by atoms with van der Waals surface area (Å²) in [4.78, 5) is 13.9. The van der Waals surface area contributed by atoms with E-state index in [9.17, 15) is 0 Å². The molecule has 1 saturated heterocycles. The van der Waals surface area contributed by atoms with Crippen molar-refractivity contribution in [3.8, 4) is 10.6 Å². The van der Waals surface area contributed by atoms with Gasteiger partial charge in [-0.05, 0) is 11.6 Å². The Kier molecular flexibility index (Phi) is 5.60. The number of aromatic nitrogens is 2. The van der Waals surface area contributed by atoms with Gasteiger partial charge in [0.25, 0.3) is 0 Å². The maximum absolute atomic E-state index is 5.85. The quantitative estimate of drug-likeness (QED) is 0.618. The first-order valence-electron chi connectivity index (χ1n) is 8.81. The molecule has 0 saturated carbocycles. The average Bonchev–Trinajstić information content (AvgIpc) is 3.14. The SMILES string of the molecule is Clc1ccc(CN2CCN(Cc3csc(-c4ccccc4)n3)CC2)cn1. The fourth-order valence-electron chi connectivity index (χ4n) is 3.19. The maximum atomic E-state index is 5.85. The van der Waals surface area contributed by atoms with Crippen LogP contribution >= 0.6 is 22.9 Å². The summed E-state index contributed by atoms with van der Waals surface area (Å²) in [5.74, 6) is 0. The molecule has 26 heavy (non-hydrogen) atoms. The zero-order chi connectivity index (χ0) is 17.8. The Morgan fingerprint density at radius 1 is 0.923 bits per heavy atom. The van der Waals surface area contributed by atoms with E-state index in [0.29, 0.717) is 5.15 Å². The molecule has 2 aromatic heterocycles. The van der Waals surface area contributed by atoms with Crippen molar-refractivity contribution in [3.63, 3.8) is 0 Å². The molecule has 0 amide bonds. The molecule has 0 unspecified atom stereocenters. The van der Waals surface area contributed by atoms with Gasteiger partial charge in [0, 0.05) is 56.4 Å². The van der Waals surface area contributed by atoms with Crippen molar-refractivity contribution in [3.05, 3.63) is 70.5 Å². The Labute approximate surface area is 163 Å². The summed E-state index contributed by atoms with van der Waals surface area (Å²) in [6, 6.07) is 14.3. The molecule has 1 fully saturated rings. The van der Waals surface area contributed by atoms with Crippen molar-refractivity contribution in [2.75, 3.05) is 26.2 Å². The van der Waals surface area contributed by atoms with Crippen molar-refractivity contribution in [1.29, 1.82) is 0 Å². The normalized spacial score (nSPS) is 16.0. The van der Waals surface area contributed by atoms with Gasteiger partial charge in [-0.1, -0.05) is 48.0 Å². The summed E-state index contributed by atoms with van der Waals surface area (Å²) < 4.78 is 0. The van der Waals surface area contributed by atoms with Gasteiger partial charge in [-0.3, -0.25) is 9.80 Å². The molecule has 134 valence electrons. The van der Waals surface area contributed by atoms with E-state index in [1.165, 1.54) is 16.8 Å². The number of hydrogen-bond acceptors (Lipinski definition) is 5. The molecule has 4 nitrogen and oxygen atoms in total. The van der Waals surface area contributed by atoms with E-state index >= 15 is 0 Å². The first-order valence-corrected chi connectivity index (χ1v) is 10.1. The molecule has 0 N–H and O–H groups in total. The van der Waals surface area contributed by atoms with Gasteiger partial charge in [-0.25, -0.2) is 9.97 Å². The lowest BCUT2D eigenvalue weighted by Gasteiger charge is -2.34. The fourth-order valence-corrected chi connectivity index (χ4v) is 4.11. The highest BCUT2D eigenvalue weighted by molar-refractivity contribution is 7.13. The highest BCUT2D eigenvalue weighted by atomic mass is 35.5. The van der Waals surface area contributed by atoms with E-state index in [1.807, 2.05) is 18.3 Å². The van der Waals surface area contributed by atoms with Gasteiger partial charge in [0.2, 0.25) is 0 Å². The lowest BCUT2D eigenvalue weighted by atomic mass is 10.2. The minimum atomic E-state index is 0.553. The molecule has 0 radical (unpaired) electrons. The summed E-state index contributed by atoms with van der Waals surface area (Å²) in [5.41, 5.74) is 3.59. The molecule has 4 rings (SSSR count). The number of hydrogen-bond donors (Lipinski definition) is 0. The van der Waals surface area contributed by atoms with Crippen LogP contribution in [0.1, 0.15) is 11.3 Å². The van der Waals surface area contributed by atoms with Crippen LogP contribution in [0.2, 0.25) is 5.15 Å². The summed E-state index contributed by atoms with van der Waals surface area (Å²) in [6.07, 6.45) is 1.87. The Balaban J connectivity index is 1.29. The van der Waals surface area contributed by atoms with Crippen LogP contribution in [0.15, 0.2) is 54.0 Å². The molecule has 0 aliphatic carbocycles. The predicted molar refractivity (Wildman–Crippen MR) is 107 cm³/mol. The lowest BCUT2D eigenvalue weighted by molar-refractivity contribution is 0.121. The maximum Gasteiger partial charge on any atom is 0.129 e. The second-order valence-corrected chi connectivity index (χ2v) is 7.80. The van der Waals surface area contributed by atoms with Crippen LogP contribution in [0, 0.1) is 0 Å². The van der Waals surface area contributed by atoms with Crippen LogP contribution in [0.3, 0.4) is 0 Å². The van der Waals surface area contributed by atoms with Crippen molar-refractivity contribution >= 4 is 22.9 Å². The van der Waals surface area contributed by atoms with Gasteiger partial charge in [-0.15, -0.1) is 11.3 Å². The molecule has 1 aromatic carbocycles. The lowest BCUT2D eigenvalue weighted by Crippen LogP contribution is -2.45.